The van der Waals surface area contributed by atoms with E-state index in [9.17, 15) is 10.1 Å². The van der Waals surface area contributed by atoms with Crippen molar-refractivity contribution in [3.63, 3.8) is 0 Å². The van der Waals surface area contributed by atoms with Crippen molar-refractivity contribution >= 4 is 27.8 Å². The van der Waals surface area contributed by atoms with E-state index in [1.54, 1.807) is 10.5 Å². The molecule has 0 amide bonds. The van der Waals surface area contributed by atoms with Gasteiger partial charge in [0.15, 0.2) is 5.13 Å². The largest absolute Gasteiger partial charge is 0.375 e. The highest BCUT2D eigenvalue weighted by Gasteiger charge is 2.16. The van der Waals surface area contributed by atoms with Gasteiger partial charge >= 0.3 is 0 Å². The first kappa shape index (κ1) is 11.6. The van der Waals surface area contributed by atoms with Crippen LogP contribution < -0.4 is 5.73 Å². The van der Waals surface area contributed by atoms with Crippen molar-refractivity contribution in [3.05, 3.63) is 39.5 Å². The second kappa shape index (κ2) is 4.02. The molecule has 0 bridgehead atoms. The van der Waals surface area contributed by atoms with Gasteiger partial charge in [0, 0.05) is 11.4 Å². The highest BCUT2D eigenvalue weighted by atomic mass is 32.1. The molecule has 0 aliphatic rings. The fraction of sp³-hybridized carbons (Fsp3) is 0.0909. The van der Waals surface area contributed by atoms with Crippen LogP contribution in [0.15, 0.2) is 23.7 Å². The molecule has 0 aromatic carbocycles. The van der Waals surface area contributed by atoms with Crippen molar-refractivity contribution in [1.82, 2.24) is 14.4 Å². The molecule has 8 heteroatoms. The lowest BCUT2D eigenvalue weighted by molar-refractivity contribution is -0.385. The molecule has 0 aliphatic carbocycles. The molecule has 3 rings (SSSR count). The lowest BCUT2D eigenvalue weighted by Crippen LogP contribution is -1.94. The Morgan fingerprint density at radius 1 is 1.42 bits per heavy atom. The Balaban J connectivity index is 2.31. The van der Waals surface area contributed by atoms with E-state index in [1.165, 1.54) is 23.6 Å². The van der Waals surface area contributed by atoms with Gasteiger partial charge < -0.3 is 5.73 Å². The molecule has 0 unspecified atom stereocenters. The second-order valence-electron chi connectivity index (χ2n) is 3.99. The normalized spacial score (nSPS) is 11.0. The number of hydrogen-bond donors (Lipinski definition) is 1. The quantitative estimate of drug-likeness (QED) is 0.571. The molecule has 0 saturated heterocycles. The van der Waals surface area contributed by atoms with Gasteiger partial charge in [-0.15, -0.1) is 11.3 Å². The highest BCUT2D eigenvalue weighted by molar-refractivity contribution is 7.13. The fourth-order valence-corrected chi connectivity index (χ4v) is 2.51. The van der Waals surface area contributed by atoms with E-state index >= 15 is 0 Å². The summed E-state index contributed by atoms with van der Waals surface area (Å²) in [6.45, 7) is 1.84. The van der Waals surface area contributed by atoms with Crippen LogP contribution in [0.1, 0.15) is 5.69 Å². The lowest BCUT2D eigenvalue weighted by Gasteiger charge is -1.99. The molecule has 0 aliphatic heterocycles. The van der Waals surface area contributed by atoms with E-state index in [-0.39, 0.29) is 5.69 Å². The van der Waals surface area contributed by atoms with Crippen LogP contribution in [0.3, 0.4) is 0 Å². The predicted octanol–water partition coefficient (Wildman–Crippen LogP) is 2.26. The average Bonchev–Trinajstić information content (AvgIpc) is 2.90. The van der Waals surface area contributed by atoms with Crippen molar-refractivity contribution < 1.29 is 4.92 Å². The topological polar surface area (TPSA) is 99.3 Å². The Morgan fingerprint density at radius 2 is 2.21 bits per heavy atom. The number of nitrogen functional groups attached to an aromatic ring is 1. The molecular weight excluding hydrogens is 266 g/mol. The number of nitro groups is 1. The minimum absolute atomic E-state index is 0.00866. The van der Waals surface area contributed by atoms with Crippen LogP contribution in [0.4, 0.5) is 10.8 Å². The van der Waals surface area contributed by atoms with Crippen LogP contribution in [0.25, 0.3) is 17.0 Å². The van der Waals surface area contributed by atoms with Crippen LogP contribution in [0.2, 0.25) is 0 Å². The summed E-state index contributed by atoms with van der Waals surface area (Å²) in [5, 5.41) is 13.1. The lowest BCUT2D eigenvalue weighted by atomic mass is 10.3. The number of hydrogen-bond acceptors (Lipinski definition) is 6. The first-order valence-corrected chi connectivity index (χ1v) is 6.28. The Hall–Kier alpha value is -2.48. The van der Waals surface area contributed by atoms with Crippen LogP contribution in [-0.2, 0) is 0 Å². The zero-order valence-corrected chi connectivity index (χ0v) is 10.7. The van der Waals surface area contributed by atoms with E-state index in [2.05, 4.69) is 9.97 Å². The predicted molar refractivity (Wildman–Crippen MR) is 72.1 cm³/mol. The first-order valence-electron chi connectivity index (χ1n) is 5.41. The zero-order chi connectivity index (χ0) is 13.6. The maximum Gasteiger partial charge on any atom is 0.286 e. The molecule has 96 valence electrons. The summed E-state index contributed by atoms with van der Waals surface area (Å²) in [6, 6.07) is 3.05. The van der Waals surface area contributed by atoms with Crippen LogP contribution in [0, 0.1) is 17.0 Å². The molecule has 19 heavy (non-hydrogen) atoms. The van der Waals surface area contributed by atoms with Gasteiger partial charge in [0.25, 0.3) is 5.69 Å². The van der Waals surface area contributed by atoms with Crippen molar-refractivity contribution in [1.29, 1.82) is 0 Å². The van der Waals surface area contributed by atoms with Gasteiger partial charge in [-0.3, -0.25) is 14.5 Å². The third-order valence-electron chi connectivity index (χ3n) is 2.75. The standard InChI is InChI=1S/C11H9N5O2S/c1-6-10(8-5-19-11(12)14-8)15-4-7(16(17)18)2-3-9(15)13-6/h2-5H,1H3,(H2,12,14). The summed E-state index contributed by atoms with van der Waals surface area (Å²) < 4.78 is 1.67. The highest BCUT2D eigenvalue weighted by Crippen LogP contribution is 2.28. The third-order valence-corrected chi connectivity index (χ3v) is 3.43. The number of nitrogens with two attached hydrogens (primary N) is 1. The van der Waals surface area contributed by atoms with Gasteiger partial charge in [0.05, 0.1) is 22.5 Å². The summed E-state index contributed by atoms with van der Waals surface area (Å²) in [5.74, 6) is 0. The third kappa shape index (κ3) is 1.82. The number of aromatic nitrogens is 3. The Labute approximate surface area is 111 Å². The number of aryl methyl sites for hydroxylation is 1. The van der Waals surface area contributed by atoms with E-state index < -0.39 is 4.92 Å². The maximum atomic E-state index is 10.8. The van der Waals surface area contributed by atoms with E-state index in [0.717, 1.165) is 11.4 Å². The number of fused-ring (bicyclic) bond motifs is 1. The summed E-state index contributed by atoms with van der Waals surface area (Å²) in [4.78, 5) is 19.0. The van der Waals surface area contributed by atoms with E-state index in [0.29, 0.717) is 16.5 Å². The van der Waals surface area contributed by atoms with Crippen molar-refractivity contribution in [2.75, 3.05) is 5.73 Å². The van der Waals surface area contributed by atoms with Gasteiger partial charge in [0.1, 0.15) is 11.3 Å². The summed E-state index contributed by atoms with van der Waals surface area (Å²) in [7, 11) is 0. The number of pyridine rings is 1. The molecule has 3 heterocycles. The molecule has 0 spiro atoms. The minimum Gasteiger partial charge on any atom is -0.375 e. The zero-order valence-electron chi connectivity index (χ0n) is 9.90. The number of rotatable bonds is 2. The Kier molecular flexibility index (Phi) is 2.46. The van der Waals surface area contributed by atoms with Gasteiger partial charge in [-0.2, -0.15) is 0 Å². The molecule has 3 aromatic rings. The maximum absolute atomic E-state index is 10.8. The Morgan fingerprint density at radius 3 is 2.84 bits per heavy atom. The summed E-state index contributed by atoms with van der Waals surface area (Å²) >= 11 is 1.32. The number of anilines is 1. The van der Waals surface area contributed by atoms with E-state index in [1.807, 2.05) is 12.3 Å². The van der Waals surface area contributed by atoms with Gasteiger partial charge in [-0.25, -0.2) is 9.97 Å². The van der Waals surface area contributed by atoms with Crippen molar-refractivity contribution in [2.24, 2.45) is 0 Å². The molecule has 3 aromatic heterocycles. The van der Waals surface area contributed by atoms with Gasteiger partial charge in [-0.1, -0.05) is 0 Å². The molecule has 0 fully saturated rings. The molecule has 0 radical (unpaired) electrons. The number of imidazole rings is 1. The van der Waals surface area contributed by atoms with E-state index in [4.69, 9.17) is 5.73 Å². The molecule has 0 saturated carbocycles. The average molecular weight is 275 g/mol. The monoisotopic (exact) mass is 275 g/mol. The molecule has 2 N–H and O–H groups in total. The Bertz CT molecular complexity index is 792. The minimum atomic E-state index is -0.437. The molecule has 0 atom stereocenters. The van der Waals surface area contributed by atoms with Crippen LogP contribution in [0.5, 0.6) is 0 Å². The van der Waals surface area contributed by atoms with Gasteiger partial charge in [0.2, 0.25) is 0 Å². The summed E-state index contributed by atoms with van der Waals surface area (Å²) in [6.07, 6.45) is 1.44. The number of thiazole rings is 1. The van der Waals surface area contributed by atoms with Crippen molar-refractivity contribution in [3.8, 4) is 11.4 Å². The van der Waals surface area contributed by atoms with Crippen molar-refractivity contribution in [2.45, 2.75) is 6.92 Å². The van der Waals surface area contributed by atoms with Crippen LogP contribution >= 0.6 is 11.3 Å². The summed E-state index contributed by atoms with van der Waals surface area (Å²) in [5.41, 5.74) is 8.44. The van der Waals surface area contributed by atoms with Gasteiger partial charge in [-0.05, 0) is 13.0 Å². The first-order chi connectivity index (χ1) is 9.06. The smallest absolute Gasteiger partial charge is 0.286 e. The SMILES string of the molecule is Cc1nc2ccc([N+](=O)[O-])cn2c1-c1csc(N)n1. The number of nitrogens with zero attached hydrogens (tertiary/aromatic N) is 4. The molecular formula is C11H9N5O2S. The second-order valence-corrected chi connectivity index (χ2v) is 4.88. The fourth-order valence-electron chi connectivity index (χ4n) is 1.96. The molecule has 7 nitrogen and oxygen atoms in total. The van der Waals surface area contributed by atoms with Crippen LogP contribution in [-0.4, -0.2) is 19.3 Å².